The summed E-state index contributed by atoms with van der Waals surface area (Å²) in [5, 5.41) is 4.17. The van der Waals surface area contributed by atoms with Gasteiger partial charge in [0.25, 0.3) is 0 Å². The number of nitrogens with zero attached hydrogens (tertiary/aromatic N) is 2. The quantitative estimate of drug-likeness (QED) is 0.383. The minimum Gasteiger partial charge on any atom is -0.497 e. The first-order chi connectivity index (χ1) is 16.0. The zero-order valence-electron chi connectivity index (χ0n) is 18.9. The largest absolute Gasteiger partial charge is 0.497 e. The summed E-state index contributed by atoms with van der Waals surface area (Å²) in [4.78, 5) is 27.1. The van der Waals surface area contributed by atoms with E-state index in [4.69, 9.17) is 9.47 Å². The van der Waals surface area contributed by atoms with Gasteiger partial charge in [-0.15, -0.1) is 0 Å². The van der Waals surface area contributed by atoms with Crippen molar-refractivity contribution >= 4 is 28.9 Å². The number of benzene rings is 3. The van der Waals surface area contributed by atoms with Gasteiger partial charge in [0.05, 0.1) is 19.9 Å². The van der Waals surface area contributed by atoms with E-state index >= 15 is 0 Å². The van der Waals surface area contributed by atoms with Crippen molar-refractivity contribution in [2.24, 2.45) is 5.10 Å². The maximum atomic E-state index is 13.0. The van der Waals surface area contributed by atoms with E-state index in [2.05, 4.69) is 10.5 Å². The standard InChI is InChI=1S/C26H27N3O4/c1-19(23-18-22(32-2)14-15-24(23)33-3)27-28-25(30)16-17-26(31)29(20-10-6-4-7-11-20)21-12-8-5-9-13-21/h4-15,18H,16-17H2,1-3H3,(H,28,30)/b27-19+. The fourth-order valence-corrected chi connectivity index (χ4v) is 3.28. The van der Waals surface area contributed by atoms with Gasteiger partial charge >= 0.3 is 0 Å². The number of amides is 2. The van der Waals surface area contributed by atoms with Gasteiger partial charge in [0.1, 0.15) is 11.5 Å². The van der Waals surface area contributed by atoms with E-state index in [1.165, 1.54) is 0 Å². The molecule has 0 aliphatic carbocycles. The van der Waals surface area contributed by atoms with E-state index in [0.29, 0.717) is 22.8 Å². The minimum absolute atomic E-state index is 0.00102. The average Bonchev–Trinajstić information content (AvgIpc) is 2.87. The fourth-order valence-electron chi connectivity index (χ4n) is 3.28. The number of methoxy groups -OCH3 is 2. The molecule has 0 spiro atoms. The van der Waals surface area contributed by atoms with Crippen molar-refractivity contribution in [1.82, 2.24) is 5.43 Å². The van der Waals surface area contributed by atoms with Gasteiger partial charge in [-0.3, -0.25) is 14.5 Å². The molecule has 0 heterocycles. The number of ether oxygens (including phenoxy) is 2. The van der Waals surface area contributed by atoms with Crippen LogP contribution in [0.2, 0.25) is 0 Å². The summed E-state index contributed by atoms with van der Waals surface area (Å²) in [6.45, 7) is 1.76. The second-order valence-electron chi connectivity index (χ2n) is 7.20. The number of hydrogen-bond donors (Lipinski definition) is 1. The van der Waals surface area contributed by atoms with Crippen LogP contribution < -0.4 is 19.8 Å². The van der Waals surface area contributed by atoms with Crippen molar-refractivity contribution in [3.63, 3.8) is 0 Å². The third-order valence-electron chi connectivity index (χ3n) is 4.99. The fraction of sp³-hybridized carbons (Fsp3) is 0.192. The highest BCUT2D eigenvalue weighted by Gasteiger charge is 2.19. The summed E-state index contributed by atoms with van der Waals surface area (Å²) >= 11 is 0. The highest BCUT2D eigenvalue weighted by molar-refractivity contribution is 6.03. The van der Waals surface area contributed by atoms with E-state index in [-0.39, 0.29) is 24.7 Å². The molecule has 33 heavy (non-hydrogen) atoms. The molecule has 3 aromatic rings. The predicted octanol–water partition coefficient (Wildman–Crippen LogP) is 4.69. The van der Waals surface area contributed by atoms with Gasteiger partial charge in [-0.2, -0.15) is 5.10 Å². The van der Waals surface area contributed by atoms with Crippen LogP contribution in [0.25, 0.3) is 0 Å². The van der Waals surface area contributed by atoms with Crippen LogP contribution >= 0.6 is 0 Å². The van der Waals surface area contributed by atoms with Crippen LogP contribution in [-0.4, -0.2) is 31.7 Å². The molecular formula is C26H27N3O4. The normalized spacial score (nSPS) is 10.9. The molecule has 0 bridgehead atoms. The van der Waals surface area contributed by atoms with E-state index in [1.54, 1.807) is 44.2 Å². The molecule has 2 amide bonds. The molecule has 0 aliphatic heterocycles. The molecule has 0 unspecified atom stereocenters. The molecule has 0 radical (unpaired) electrons. The summed E-state index contributed by atoms with van der Waals surface area (Å²) in [7, 11) is 3.14. The van der Waals surface area contributed by atoms with Crippen LogP contribution in [0.1, 0.15) is 25.3 Å². The molecule has 0 aromatic heterocycles. The second kappa shape index (κ2) is 11.5. The lowest BCUT2D eigenvalue weighted by Crippen LogP contribution is -2.28. The Morgan fingerprint density at radius 3 is 2.00 bits per heavy atom. The molecule has 3 rings (SSSR count). The molecule has 0 saturated heterocycles. The molecule has 7 nitrogen and oxygen atoms in total. The predicted molar refractivity (Wildman–Crippen MR) is 129 cm³/mol. The third kappa shape index (κ3) is 6.20. The first kappa shape index (κ1) is 23.5. The van der Waals surface area contributed by atoms with Crippen molar-refractivity contribution in [3.05, 3.63) is 84.4 Å². The maximum Gasteiger partial charge on any atom is 0.240 e. The lowest BCUT2D eigenvalue weighted by Gasteiger charge is -2.23. The number of anilines is 2. The Balaban J connectivity index is 1.66. The van der Waals surface area contributed by atoms with E-state index in [9.17, 15) is 9.59 Å². The Bertz CT molecular complexity index is 1080. The van der Waals surface area contributed by atoms with Crippen LogP contribution in [0.3, 0.4) is 0 Å². The molecule has 0 saturated carbocycles. The van der Waals surface area contributed by atoms with Gasteiger partial charge in [0, 0.05) is 29.8 Å². The number of para-hydroxylation sites is 2. The van der Waals surface area contributed by atoms with Crippen molar-refractivity contribution in [1.29, 1.82) is 0 Å². The monoisotopic (exact) mass is 445 g/mol. The van der Waals surface area contributed by atoms with Crippen molar-refractivity contribution < 1.29 is 19.1 Å². The van der Waals surface area contributed by atoms with Crippen LogP contribution in [0, 0.1) is 0 Å². The van der Waals surface area contributed by atoms with Gasteiger partial charge in [-0.25, -0.2) is 5.43 Å². The Labute approximate surface area is 193 Å². The molecule has 0 aliphatic rings. The summed E-state index contributed by atoms with van der Waals surface area (Å²) < 4.78 is 10.6. The summed E-state index contributed by atoms with van der Waals surface area (Å²) in [6.07, 6.45) is 0.0354. The zero-order chi connectivity index (χ0) is 23.6. The first-order valence-electron chi connectivity index (χ1n) is 10.5. The van der Waals surface area contributed by atoms with Gasteiger partial charge in [-0.05, 0) is 49.4 Å². The van der Waals surface area contributed by atoms with Crippen LogP contribution in [0.4, 0.5) is 11.4 Å². The zero-order valence-corrected chi connectivity index (χ0v) is 18.9. The number of nitrogens with one attached hydrogen (secondary N) is 1. The molecule has 1 N–H and O–H groups in total. The van der Waals surface area contributed by atoms with Gasteiger partial charge in [0.2, 0.25) is 11.8 Å². The number of hydrogen-bond acceptors (Lipinski definition) is 5. The van der Waals surface area contributed by atoms with E-state index in [0.717, 1.165) is 11.4 Å². The third-order valence-corrected chi connectivity index (χ3v) is 4.99. The molecule has 0 atom stereocenters. The lowest BCUT2D eigenvalue weighted by molar-refractivity contribution is -0.124. The molecule has 3 aromatic carbocycles. The highest BCUT2D eigenvalue weighted by Crippen LogP contribution is 2.26. The van der Waals surface area contributed by atoms with Gasteiger partial charge < -0.3 is 9.47 Å². The van der Waals surface area contributed by atoms with Gasteiger partial charge in [0.15, 0.2) is 0 Å². The number of carbonyl (C=O) groups excluding carboxylic acids is 2. The van der Waals surface area contributed by atoms with E-state index in [1.807, 2.05) is 60.7 Å². The van der Waals surface area contributed by atoms with Crippen molar-refractivity contribution in [2.75, 3.05) is 19.1 Å². The SMILES string of the molecule is COc1ccc(OC)c(/C(C)=N/NC(=O)CCC(=O)N(c2ccccc2)c2ccccc2)c1. The van der Waals surface area contributed by atoms with Crippen LogP contribution in [0.5, 0.6) is 11.5 Å². The average molecular weight is 446 g/mol. The summed E-state index contributed by atoms with van der Waals surface area (Å²) in [5.41, 5.74) is 5.27. The molecule has 170 valence electrons. The number of carbonyl (C=O) groups is 2. The van der Waals surface area contributed by atoms with Crippen molar-refractivity contribution in [2.45, 2.75) is 19.8 Å². The smallest absolute Gasteiger partial charge is 0.240 e. The molecule has 0 fully saturated rings. The van der Waals surface area contributed by atoms with Crippen LogP contribution in [0.15, 0.2) is 84.0 Å². The Morgan fingerprint density at radius 1 is 0.848 bits per heavy atom. The van der Waals surface area contributed by atoms with Crippen molar-refractivity contribution in [3.8, 4) is 11.5 Å². The van der Waals surface area contributed by atoms with Gasteiger partial charge in [-0.1, -0.05) is 36.4 Å². The minimum atomic E-state index is -0.356. The van der Waals surface area contributed by atoms with Crippen LogP contribution in [-0.2, 0) is 9.59 Å². The van der Waals surface area contributed by atoms with E-state index < -0.39 is 0 Å². The molecule has 7 heteroatoms. The molecular weight excluding hydrogens is 418 g/mol. The maximum absolute atomic E-state index is 13.0. The lowest BCUT2D eigenvalue weighted by atomic mass is 10.1. The summed E-state index contributed by atoms with van der Waals surface area (Å²) in [6, 6.07) is 24.0. The Kier molecular flexibility index (Phi) is 8.18. The topological polar surface area (TPSA) is 80.2 Å². The number of rotatable bonds is 9. The number of hydrazone groups is 1. The first-order valence-corrected chi connectivity index (χ1v) is 10.5. The Morgan fingerprint density at radius 2 is 1.45 bits per heavy atom. The highest BCUT2D eigenvalue weighted by atomic mass is 16.5. The summed E-state index contributed by atoms with van der Waals surface area (Å²) in [5.74, 6) is 0.727. The Hall–Kier alpha value is -4.13. The second-order valence-corrected chi connectivity index (χ2v) is 7.20.